The van der Waals surface area contributed by atoms with Gasteiger partial charge in [-0.3, -0.25) is 4.99 Å². The number of rotatable bonds is 5. The van der Waals surface area contributed by atoms with E-state index in [0.29, 0.717) is 23.5 Å². The highest BCUT2D eigenvalue weighted by Crippen LogP contribution is 2.36. The Bertz CT molecular complexity index is 707. The summed E-state index contributed by atoms with van der Waals surface area (Å²) in [4.78, 5) is 16.7. The molecule has 0 saturated carbocycles. The molecule has 0 fully saturated rings. The van der Waals surface area contributed by atoms with Crippen LogP contribution in [0.15, 0.2) is 22.3 Å². The van der Waals surface area contributed by atoms with Crippen LogP contribution in [0.3, 0.4) is 0 Å². The van der Waals surface area contributed by atoms with Crippen LogP contribution < -0.4 is 9.47 Å². The number of ether oxygens (including phenoxy) is 3. The van der Waals surface area contributed by atoms with Gasteiger partial charge in [-0.15, -0.1) is 0 Å². The van der Waals surface area contributed by atoms with Gasteiger partial charge in [-0.25, -0.2) is 4.79 Å². The van der Waals surface area contributed by atoms with Gasteiger partial charge in [0.05, 0.1) is 26.4 Å². The lowest BCUT2D eigenvalue weighted by Gasteiger charge is -2.29. The molecule has 7 heteroatoms. The maximum Gasteiger partial charge on any atom is 0.362 e. The average molecular weight is 334 g/mol. The molecule has 0 radical (unpaired) electrons. The van der Waals surface area contributed by atoms with Gasteiger partial charge in [-0.2, -0.15) is 0 Å². The van der Waals surface area contributed by atoms with Crippen molar-refractivity contribution in [2.75, 3.05) is 20.8 Å². The first-order valence-corrected chi connectivity index (χ1v) is 7.61. The maximum atomic E-state index is 12.1. The number of hydrogen-bond acceptors (Lipinski definition) is 7. The van der Waals surface area contributed by atoms with Gasteiger partial charge < -0.3 is 19.4 Å². The van der Waals surface area contributed by atoms with E-state index in [4.69, 9.17) is 14.2 Å². The van der Waals surface area contributed by atoms with Crippen LogP contribution in [0.4, 0.5) is 0 Å². The van der Waals surface area contributed by atoms with E-state index < -0.39 is 11.5 Å². The van der Waals surface area contributed by atoms with E-state index in [1.807, 2.05) is 19.9 Å². The van der Waals surface area contributed by atoms with Gasteiger partial charge in [0.25, 0.3) is 0 Å². The SMILES string of the molecule is CCOC(=O)/C(=N\O)C1=NC(C)(C)Cc2cc(OC)c(OC)cc21. The van der Waals surface area contributed by atoms with Crippen LogP contribution in [0.5, 0.6) is 11.5 Å². The van der Waals surface area contributed by atoms with Crippen molar-refractivity contribution in [1.29, 1.82) is 0 Å². The van der Waals surface area contributed by atoms with Crippen molar-refractivity contribution in [3.05, 3.63) is 23.3 Å². The Morgan fingerprint density at radius 1 is 1.29 bits per heavy atom. The van der Waals surface area contributed by atoms with E-state index in [0.717, 1.165) is 5.56 Å². The van der Waals surface area contributed by atoms with Gasteiger partial charge in [-0.05, 0) is 44.9 Å². The molecule has 1 N–H and O–H groups in total. The molecule has 0 saturated heterocycles. The summed E-state index contributed by atoms with van der Waals surface area (Å²) in [6.45, 7) is 5.73. The van der Waals surface area contributed by atoms with Gasteiger partial charge in [0.1, 0.15) is 5.71 Å². The summed E-state index contributed by atoms with van der Waals surface area (Å²) < 4.78 is 15.6. The molecular weight excluding hydrogens is 312 g/mol. The van der Waals surface area contributed by atoms with Crippen LogP contribution in [0.1, 0.15) is 31.9 Å². The molecule has 0 aromatic heterocycles. The molecule has 130 valence electrons. The van der Waals surface area contributed by atoms with Crippen molar-refractivity contribution in [1.82, 2.24) is 0 Å². The van der Waals surface area contributed by atoms with Crippen molar-refractivity contribution < 1.29 is 24.2 Å². The van der Waals surface area contributed by atoms with Gasteiger partial charge in [-0.1, -0.05) is 5.16 Å². The first-order chi connectivity index (χ1) is 11.4. The second kappa shape index (κ2) is 6.90. The van der Waals surface area contributed by atoms with Gasteiger partial charge >= 0.3 is 5.97 Å². The largest absolute Gasteiger partial charge is 0.493 e. The highest BCUT2D eigenvalue weighted by molar-refractivity contribution is 6.69. The van der Waals surface area contributed by atoms with Crippen LogP contribution in [0.25, 0.3) is 0 Å². The molecular formula is C17H22N2O5. The molecule has 0 spiro atoms. The average Bonchev–Trinajstić information content (AvgIpc) is 2.53. The van der Waals surface area contributed by atoms with Gasteiger partial charge in [0.15, 0.2) is 11.5 Å². The number of esters is 1. The smallest absolute Gasteiger partial charge is 0.362 e. The third kappa shape index (κ3) is 3.34. The van der Waals surface area contributed by atoms with E-state index in [9.17, 15) is 10.0 Å². The summed E-state index contributed by atoms with van der Waals surface area (Å²) in [5.74, 6) is 0.369. The second-order valence-corrected chi connectivity index (χ2v) is 5.98. The minimum atomic E-state index is -0.725. The number of carbonyl (C=O) groups excluding carboxylic acids is 1. The Kier molecular flexibility index (Phi) is 5.11. The Labute approximate surface area is 140 Å². The quantitative estimate of drug-likeness (QED) is 0.386. The van der Waals surface area contributed by atoms with Gasteiger partial charge in [0.2, 0.25) is 5.71 Å². The molecule has 0 amide bonds. The van der Waals surface area contributed by atoms with Crippen LogP contribution in [-0.4, -0.2) is 49.0 Å². The zero-order valence-electron chi connectivity index (χ0n) is 14.5. The molecule has 24 heavy (non-hydrogen) atoms. The molecule has 1 aliphatic heterocycles. The Hall–Kier alpha value is -2.57. The number of benzene rings is 1. The number of nitrogens with zero attached hydrogens (tertiary/aromatic N) is 2. The molecule has 1 aromatic carbocycles. The monoisotopic (exact) mass is 334 g/mol. The number of fused-ring (bicyclic) bond motifs is 1. The fourth-order valence-electron chi connectivity index (χ4n) is 2.72. The topological polar surface area (TPSA) is 89.7 Å². The minimum absolute atomic E-state index is 0.174. The number of methoxy groups -OCH3 is 2. The molecule has 0 aliphatic carbocycles. The highest BCUT2D eigenvalue weighted by Gasteiger charge is 2.33. The second-order valence-electron chi connectivity index (χ2n) is 5.98. The zero-order valence-corrected chi connectivity index (χ0v) is 14.5. The van der Waals surface area contributed by atoms with E-state index >= 15 is 0 Å². The molecule has 0 bridgehead atoms. The molecule has 0 atom stereocenters. The number of hydrogen-bond donors (Lipinski definition) is 1. The minimum Gasteiger partial charge on any atom is -0.493 e. The third-order valence-electron chi connectivity index (χ3n) is 3.70. The fourth-order valence-corrected chi connectivity index (χ4v) is 2.72. The Morgan fingerprint density at radius 3 is 2.46 bits per heavy atom. The predicted molar refractivity (Wildman–Crippen MR) is 89.7 cm³/mol. The predicted octanol–water partition coefficient (Wildman–Crippen LogP) is 2.22. The van der Waals surface area contributed by atoms with E-state index in [2.05, 4.69) is 10.1 Å². The van der Waals surface area contributed by atoms with Crippen LogP contribution in [0.2, 0.25) is 0 Å². The molecule has 7 nitrogen and oxygen atoms in total. The van der Waals surface area contributed by atoms with E-state index in [1.165, 1.54) is 7.11 Å². The van der Waals surface area contributed by atoms with Crippen LogP contribution in [0, 0.1) is 0 Å². The molecule has 2 rings (SSSR count). The van der Waals surface area contributed by atoms with Crippen molar-refractivity contribution in [2.45, 2.75) is 32.7 Å². The third-order valence-corrected chi connectivity index (χ3v) is 3.70. The van der Waals surface area contributed by atoms with Gasteiger partial charge in [0, 0.05) is 5.56 Å². The summed E-state index contributed by atoms with van der Waals surface area (Å²) in [7, 11) is 3.09. The standard InChI is InChI=1S/C17H22N2O5/c1-6-24-16(20)15(19-21)14-11-8-13(23-5)12(22-4)7-10(11)9-17(2,3)18-14/h7-8,21H,6,9H2,1-5H3/b19-15-. The normalized spacial score (nSPS) is 16.0. The first-order valence-electron chi connectivity index (χ1n) is 7.61. The van der Waals surface area contributed by atoms with Crippen LogP contribution >= 0.6 is 0 Å². The Morgan fingerprint density at radius 2 is 1.92 bits per heavy atom. The number of aliphatic imine (C=N–C) groups is 1. The van der Waals surface area contributed by atoms with Crippen molar-refractivity contribution in [2.24, 2.45) is 10.1 Å². The van der Waals surface area contributed by atoms with Crippen molar-refractivity contribution in [3.8, 4) is 11.5 Å². The highest BCUT2D eigenvalue weighted by atomic mass is 16.5. The first kappa shape index (κ1) is 17.8. The molecule has 1 aromatic rings. The summed E-state index contributed by atoms with van der Waals surface area (Å²) in [5, 5.41) is 12.5. The molecule has 1 heterocycles. The maximum absolute atomic E-state index is 12.1. The summed E-state index contributed by atoms with van der Waals surface area (Å²) in [6, 6.07) is 3.58. The van der Waals surface area contributed by atoms with Crippen molar-refractivity contribution >= 4 is 17.4 Å². The number of carbonyl (C=O) groups is 1. The lowest BCUT2D eigenvalue weighted by molar-refractivity contribution is -0.134. The lowest BCUT2D eigenvalue weighted by Crippen LogP contribution is -2.36. The van der Waals surface area contributed by atoms with E-state index in [1.54, 1.807) is 20.1 Å². The molecule has 1 aliphatic rings. The zero-order chi connectivity index (χ0) is 17.9. The lowest BCUT2D eigenvalue weighted by atomic mass is 9.85. The summed E-state index contributed by atoms with van der Waals surface area (Å²) in [6.07, 6.45) is 0.647. The van der Waals surface area contributed by atoms with E-state index in [-0.39, 0.29) is 18.0 Å². The van der Waals surface area contributed by atoms with Crippen LogP contribution in [-0.2, 0) is 16.0 Å². The summed E-state index contributed by atoms with van der Waals surface area (Å²) in [5.41, 5.74) is 1.17. The van der Waals surface area contributed by atoms with Crippen molar-refractivity contribution in [3.63, 3.8) is 0 Å². The number of oxime groups is 1. The molecule has 0 unspecified atom stereocenters. The fraction of sp³-hybridized carbons (Fsp3) is 0.471. The Balaban J connectivity index is 2.64. The summed E-state index contributed by atoms with van der Waals surface area (Å²) >= 11 is 0.